The Bertz CT molecular complexity index is 372. The lowest BCUT2D eigenvalue weighted by molar-refractivity contribution is -0.0494. The second-order valence-corrected chi connectivity index (χ2v) is 6.17. The third-order valence-corrected chi connectivity index (χ3v) is 4.54. The standard InChI is InChI=1S/C13H21ClN2OS/c1-10-8-17-11(2)7-16(10)5-3-4-13-15-12(6-14)9-18-13/h9-11H,3-8H2,1-2H3. The maximum absolute atomic E-state index is 5.75. The van der Waals surface area contributed by atoms with E-state index in [0.29, 0.717) is 18.0 Å². The number of alkyl halides is 1. The van der Waals surface area contributed by atoms with E-state index in [0.717, 1.165) is 38.2 Å². The summed E-state index contributed by atoms with van der Waals surface area (Å²) in [6.07, 6.45) is 2.58. The average Bonchev–Trinajstić information content (AvgIpc) is 2.81. The first kappa shape index (κ1) is 14.3. The van der Waals surface area contributed by atoms with Gasteiger partial charge in [0.05, 0.1) is 29.3 Å². The summed E-state index contributed by atoms with van der Waals surface area (Å²) in [5.41, 5.74) is 1.00. The fraction of sp³-hybridized carbons (Fsp3) is 0.769. The van der Waals surface area contributed by atoms with Gasteiger partial charge in [0.2, 0.25) is 0 Å². The van der Waals surface area contributed by atoms with Gasteiger partial charge in [0.1, 0.15) is 0 Å². The molecule has 2 unspecified atom stereocenters. The zero-order valence-corrected chi connectivity index (χ0v) is 12.6. The number of hydrogen-bond donors (Lipinski definition) is 0. The molecule has 2 heterocycles. The van der Waals surface area contributed by atoms with E-state index < -0.39 is 0 Å². The van der Waals surface area contributed by atoms with Gasteiger partial charge in [-0.05, 0) is 26.8 Å². The van der Waals surface area contributed by atoms with Crippen molar-refractivity contribution in [3.63, 3.8) is 0 Å². The lowest BCUT2D eigenvalue weighted by Gasteiger charge is -2.36. The summed E-state index contributed by atoms with van der Waals surface area (Å²) in [6, 6.07) is 0.538. The van der Waals surface area contributed by atoms with Crippen LogP contribution in [0.1, 0.15) is 31.0 Å². The van der Waals surface area contributed by atoms with Crippen molar-refractivity contribution in [3.05, 3.63) is 16.1 Å². The largest absolute Gasteiger partial charge is 0.376 e. The number of ether oxygens (including phenoxy) is 1. The highest BCUT2D eigenvalue weighted by Crippen LogP contribution is 2.15. The number of hydrogen-bond acceptors (Lipinski definition) is 4. The number of aryl methyl sites for hydroxylation is 1. The van der Waals surface area contributed by atoms with Crippen LogP contribution in [0.25, 0.3) is 0 Å². The van der Waals surface area contributed by atoms with Crippen molar-refractivity contribution in [2.75, 3.05) is 19.7 Å². The summed E-state index contributed by atoms with van der Waals surface area (Å²) in [5.74, 6) is 0.522. The predicted octanol–water partition coefficient (Wildman–Crippen LogP) is 2.92. The molecule has 1 aromatic rings. The van der Waals surface area contributed by atoms with Crippen LogP contribution in [0.3, 0.4) is 0 Å². The van der Waals surface area contributed by atoms with Crippen molar-refractivity contribution in [2.45, 2.75) is 44.7 Å². The second kappa shape index (κ2) is 6.85. The van der Waals surface area contributed by atoms with Gasteiger partial charge in [0.25, 0.3) is 0 Å². The van der Waals surface area contributed by atoms with Crippen molar-refractivity contribution >= 4 is 22.9 Å². The van der Waals surface area contributed by atoms with Gasteiger partial charge < -0.3 is 4.74 Å². The maximum atomic E-state index is 5.75. The third kappa shape index (κ3) is 3.92. The monoisotopic (exact) mass is 288 g/mol. The van der Waals surface area contributed by atoms with Crippen molar-refractivity contribution in [3.8, 4) is 0 Å². The third-order valence-electron chi connectivity index (χ3n) is 3.31. The SMILES string of the molecule is CC1CN(CCCc2nc(CCl)cs2)C(C)CO1. The van der Waals surface area contributed by atoms with Gasteiger partial charge in [0, 0.05) is 24.4 Å². The number of halogens is 1. The van der Waals surface area contributed by atoms with Crippen LogP contribution in [-0.4, -0.2) is 41.7 Å². The molecule has 0 spiro atoms. The number of nitrogens with zero attached hydrogens (tertiary/aromatic N) is 2. The first-order valence-electron chi connectivity index (χ1n) is 6.54. The molecule has 0 bridgehead atoms. The zero-order chi connectivity index (χ0) is 13.0. The van der Waals surface area contributed by atoms with Crippen LogP contribution in [0.5, 0.6) is 0 Å². The van der Waals surface area contributed by atoms with Crippen LogP contribution in [-0.2, 0) is 17.0 Å². The smallest absolute Gasteiger partial charge is 0.0929 e. The minimum atomic E-state index is 0.365. The van der Waals surface area contributed by atoms with E-state index in [2.05, 4.69) is 29.1 Å². The first-order valence-corrected chi connectivity index (χ1v) is 7.95. The van der Waals surface area contributed by atoms with Gasteiger partial charge in [-0.15, -0.1) is 22.9 Å². The van der Waals surface area contributed by atoms with Crippen molar-refractivity contribution in [1.82, 2.24) is 9.88 Å². The zero-order valence-electron chi connectivity index (χ0n) is 11.1. The second-order valence-electron chi connectivity index (χ2n) is 4.96. The van der Waals surface area contributed by atoms with E-state index in [1.165, 1.54) is 5.01 Å². The Hall–Kier alpha value is -0.160. The predicted molar refractivity (Wildman–Crippen MR) is 76.4 cm³/mol. The van der Waals surface area contributed by atoms with E-state index >= 15 is 0 Å². The Kier molecular flexibility index (Phi) is 5.42. The molecule has 1 fully saturated rings. The minimum absolute atomic E-state index is 0.365. The Labute approximate surface area is 118 Å². The van der Waals surface area contributed by atoms with Crippen LogP contribution >= 0.6 is 22.9 Å². The van der Waals surface area contributed by atoms with E-state index in [9.17, 15) is 0 Å². The van der Waals surface area contributed by atoms with Crippen molar-refractivity contribution in [1.29, 1.82) is 0 Å². The van der Waals surface area contributed by atoms with Gasteiger partial charge in [0.15, 0.2) is 0 Å². The van der Waals surface area contributed by atoms with E-state index in [1.54, 1.807) is 11.3 Å². The van der Waals surface area contributed by atoms with Gasteiger partial charge in [-0.3, -0.25) is 4.90 Å². The first-order chi connectivity index (χ1) is 8.69. The molecule has 1 saturated heterocycles. The quantitative estimate of drug-likeness (QED) is 0.779. The Balaban J connectivity index is 1.74. The van der Waals surface area contributed by atoms with Gasteiger partial charge >= 0.3 is 0 Å². The molecule has 1 aliphatic heterocycles. The number of aromatic nitrogens is 1. The maximum Gasteiger partial charge on any atom is 0.0929 e. The van der Waals surface area contributed by atoms with Crippen LogP contribution in [0.4, 0.5) is 0 Å². The van der Waals surface area contributed by atoms with Crippen LogP contribution in [0, 0.1) is 0 Å². The Morgan fingerprint density at radius 3 is 3.11 bits per heavy atom. The lowest BCUT2D eigenvalue weighted by atomic mass is 10.2. The number of thiazole rings is 1. The van der Waals surface area contributed by atoms with Gasteiger partial charge in [-0.1, -0.05) is 0 Å². The summed E-state index contributed by atoms with van der Waals surface area (Å²) in [7, 11) is 0. The summed E-state index contributed by atoms with van der Waals surface area (Å²) >= 11 is 7.48. The highest BCUT2D eigenvalue weighted by molar-refractivity contribution is 7.09. The summed E-state index contributed by atoms with van der Waals surface area (Å²) < 4.78 is 5.64. The number of morpholine rings is 1. The van der Waals surface area contributed by atoms with E-state index in [1.807, 2.05) is 0 Å². The molecular weight excluding hydrogens is 268 g/mol. The molecule has 0 saturated carbocycles. The fourth-order valence-corrected chi connectivity index (χ4v) is 3.31. The normalized spacial score (nSPS) is 25.5. The summed E-state index contributed by atoms with van der Waals surface area (Å²) in [5, 5.41) is 3.27. The fourth-order valence-electron chi connectivity index (χ4n) is 2.24. The molecule has 18 heavy (non-hydrogen) atoms. The van der Waals surface area contributed by atoms with Crippen LogP contribution in [0.2, 0.25) is 0 Å². The number of rotatable bonds is 5. The molecule has 0 aromatic carbocycles. The molecule has 102 valence electrons. The highest BCUT2D eigenvalue weighted by Gasteiger charge is 2.22. The Morgan fingerprint density at radius 1 is 1.56 bits per heavy atom. The topological polar surface area (TPSA) is 25.4 Å². The molecule has 5 heteroatoms. The minimum Gasteiger partial charge on any atom is -0.376 e. The van der Waals surface area contributed by atoms with Crippen molar-refractivity contribution < 1.29 is 4.74 Å². The summed E-state index contributed by atoms with van der Waals surface area (Å²) in [6.45, 7) is 7.42. The lowest BCUT2D eigenvalue weighted by Crippen LogP contribution is -2.47. The molecule has 0 N–H and O–H groups in total. The van der Waals surface area contributed by atoms with Crippen LogP contribution in [0.15, 0.2) is 5.38 Å². The van der Waals surface area contributed by atoms with Gasteiger partial charge in [-0.2, -0.15) is 0 Å². The van der Waals surface area contributed by atoms with Crippen molar-refractivity contribution in [2.24, 2.45) is 0 Å². The molecule has 2 rings (SSSR count). The van der Waals surface area contributed by atoms with E-state index in [4.69, 9.17) is 16.3 Å². The van der Waals surface area contributed by atoms with E-state index in [-0.39, 0.29) is 0 Å². The van der Waals surface area contributed by atoms with Crippen LogP contribution < -0.4 is 0 Å². The average molecular weight is 289 g/mol. The molecule has 2 atom stereocenters. The molecular formula is C13H21ClN2OS. The molecule has 1 aromatic heterocycles. The summed E-state index contributed by atoms with van der Waals surface area (Å²) in [4.78, 5) is 7.01. The molecule has 1 aliphatic rings. The van der Waals surface area contributed by atoms with Gasteiger partial charge in [-0.25, -0.2) is 4.98 Å². The molecule has 0 aliphatic carbocycles. The molecule has 0 amide bonds. The molecule has 3 nitrogen and oxygen atoms in total. The highest BCUT2D eigenvalue weighted by atomic mass is 35.5. The molecule has 0 radical (unpaired) electrons. The Morgan fingerprint density at radius 2 is 2.39 bits per heavy atom.